The molecule has 2 N–H and O–H groups in total. The summed E-state index contributed by atoms with van der Waals surface area (Å²) in [5.74, 6) is -1.33. The molecule has 0 saturated carbocycles. The Labute approximate surface area is 170 Å². The summed E-state index contributed by atoms with van der Waals surface area (Å²) in [5, 5.41) is 4.69. The van der Waals surface area contributed by atoms with Crippen molar-refractivity contribution in [1.29, 1.82) is 0 Å². The van der Waals surface area contributed by atoms with E-state index in [0.29, 0.717) is 17.7 Å². The Morgan fingerprint density at radius 2 is 1.76 bits per heavy atom. The van der Waals surface area contributed by atoms with Crippen molar-refractivity contribution in [1.82, 2.24) is 10.6 Å². The molecule has 0 fully saturated rings. The molecule has 2 aromatic rings. The van der Waals surface area contributed by atoms with Gasteiger partial charge in [-0.05, 0) is 49.5 Å². The van der Waals surface area contributed by atoms with Crippen LogP contribution >= 0.6 is 0 Å². The van der Waals surface area contributed by atoms with Crippen LogP contribution in [0.15, 0.2) is 60.7 Å². The number of nitrogens with one attached hydrogen (secondary N) is 2. The summed E-state index contributed by atoms with van der Waals surface area (Å²) in [6.45, 7) is 2.11. The van der Waals surface area contributed by atoms with Crippen LogP contribution in [0, 0.1) is 0 Å². The average molecular weight is 392 g/mol. The lowest BCUT2D eigenvalue weighted by Crippen LogP contribution is -2.42. The van der Waals surface area contributed by atoms with E-state index in [1.807, 2.05) is 12.1 Å². The van der Waals surface area contributed by atoms with Gasteiger partial charge in [-0.25, -0.2) is 9.59 Å². The van der Waals surface area contributed by atoms with Crippen molar-refractivity contribution in [3.05, 3.63) is 77.4 Å². The zero-order chi connectivity index (χ0) is 20.6. The highest BCUT2D eigenvalue weighted by Crippen LogP contribution is 2.28. The van der Waals surface area contributed by atoms with E-state index >= 15 is 0 Å². The van der Waals surface area contributed by atoms with Gasteiger partial charge in [0.25, 0.3) is 5.91 Å². The summed E-state index contributed by atoms with van der Waals surface area (Å²) in [6, 6.07) is 15.1. The van der Waals surface area contributed by atoms with E-state index in [4.69, 9.17) is 4.74 Å². The van der Waals surface area contributed by atoms with Crippen LogP contribution in [0.1, 0.15) is 53.8 Å². The molecule has 1 unspecified atom stereocenters. The number of hydrogen-bond acceptors (Lipinski definition) is 4. The Hall–Kier alpha value is -3.41. The number of hydrogen-bond donors (Lipinski definition) is 2. The van der Waals surface area contributed by atoms with E-state index in [0.717, 1.165) is 24.8 Å². The van der Waals surface area contributed by atoms with Gasteiger partial charge >= 0.3 is 12.0 Å². The van der Waals surface area contributed by atoms with Gasteiger partial charge < -0.3 is 10.1 Å². The monoisotopic (exact) mass is 392 g/mol. The highest BCUT2D eigenvalue weighted by Gasteiger charge is 2.27. The van der Waals surface area contributed by atoms with Gasteiger partial charge in [0.15, 0.2) is 0 Å². The summed E-state index contributed by atoms with van der Waals surface area (Å²) in [7, 11) is 0. The maximum absolute atomic E-state index is 12.7. The highest BCUT2D eigenvalue weighted by atomic mass is 16.5. The molecule has 6 nitrogen and oxygen atoms in total. The van der Waals surface area contributed by atoms with Crippen LogP contribution in [-0.2, 0) is 9.53 Å². The molecule has 0 heterocycles. The minimum absolute atomic E-state index is 0.346. The molecule has 6 heteroatoms. The average Bonchev–Trinajstić information content (AvgIpc) is 3.27. The van der Waals surface area contributed by atoms with Crippen LogP contribution in [-0.4, -0.2) is 24.5 Å². The van der Waals surface area contributed by atoms with Crippen molar-refractivity contribution in [3.63, 3.8) is 0 Å². The maximum atomic E-state index is 12.7. The SMILES string of the molecule is CCNC(=O)NC(=O)C(OC(=O)c1ccc(C2=CCCC2)cc1)c1ccccc1. The molecule has 150 valence electrons. The third kappa shape index (κ3) is 5.31. The number of benzene rings is 2. The number of carbonyl (C=O) groups is 3. The number of ether oxygens (including phenoxy) is 1. The summed E-state index contributed by atoms with van der Waals surface area (Å²) in [5.41, 5.74) is 3.20. The fraction of sp³-hybridized carbons (Fsp3) is 0.261. The molecule has 1 aliphatic carbocycles. The Bertz CT molecular complexity index is 904. The number of carbonyl (C=O) groups excluding carboxylic acids is 3. The van der Waals surface area contributed by atoms with E-state index < -0.39 is 24.0 Å². The number of esters is 1. The van der Waals surface area contributed by atoms with Crippen molar-refractivity contribution in [2.45, 2.75) is 32.3 Å². The number of allylic oxidation sites excluding steroid dienone is 2. The summed E-state index contributed by atoms with van der Waals surface area (Å²) < 4.78 is 5.48. The molecule has 1 atom stereocenters. The minimum atomic E-state index is -1.23. The normalized spacial score (nSPS) is 13.9. The number of amides is 3. The standard InChI is InChI=1S/C23H24N2O4/c1-2-24-23(28)25-21(26)20(18-10-4-3-5-11-18)29-22(27)19-14-12-17(13-15-19)16-8-6-7-9-16/h3-5,8,10-15,20H,2,6-7,9H2,1H3,(H2,24,25,26,28). The molecular formula is C23H24N2O4. The summed E-state index contributed by atoms with van der Waals surface area (Å²) in [6.07, 6.45) is 4.25. The minimum Gasteiger partial charge on any atom is -0.444 e. The zero-order valence-electron chi connectivity index (χ0n) is 16.3. The molecule has 3 amide bonds. The van der Waals surface area contributed by atoms with Crippen molar-refractivity contribution in [2.24, 2.45) is 0 Å². The largest absolute Gasteiger partial charge is 0.444 e. The molecule has 2 aromatic carbocycles. The van der Waals surface area contributed by atoms with Crippen LogP contribution in [0.25, 0.3) is 5.57 Å². The van der Waals surface area contributed by atoms with Crippen LogP contribution < -0.4 is 10.6 Å². The van der Waals surface area contributed by atoms with Crippen molar-refractivity contribution in [2.75, 3.05) is 6.54 Å². The first kappa shape index (κ1) is 20.3. The van der Waals surface area contributed by atoms with Gasteiger partial charge in [-0.1, -0.05) is 48.5 Å². The Balaban J connectivity index is 1.75. The molecule has 1 aliphatic rings. The molecule has 0 saturated heterocycles. The van der Waals surface area contributed by atoms with Gasteiger partial charge in [0, 0.05) is 12.1 Å². The predicted molar refractivity (Wildman–Crippen MR) is 110 cm³/mol. The second-order valence-electron chi connectivity index (χ2n) is 6.74. The third-order valence-electron chi connectivity index (χ3n) is 4.67. The molecule has 29 heavy (non-hydrogen) atoms. The van der Waals surface area contributed by atoms with E-state index in [1.54, 1.807) is 49.4 Å². The van der Waals surface area contributed by atoms with Gasteiger partial charge in [0.2, 0.25) is 6.10 Å². The van der Waals surface area contributed by atoms with Crippen LogP contribution in [0.5, 0.6) is 0 Å². The fourth-order valence-electron chi connectivity index (χ4n) is 3.21. The van der Waals surface area contributed by atoms with Crippen molar-refractivity contribution in [3.8, 4) is 0 Å². The molecule has 0 spiro atoms. The lowest BCUT2D eigenvalue weighted by atomic mass is 10.0. The molecule has 0 bridgehead atoms. The Morgan fingerprint density at radius 3 is 2.38 bits per heavy atom. The second-order valence-corrected chi connectivity index (χ2v) is 6.74. The second kappa shape index (κ2) is 9.68. The van der Waals surface area contributed by atoms with Gasteiger partial charge in [-0.3, -0.25) is 10.1 Å². The number of rotatable bonds is 6. The van der Waals surface area contributed by atoms with Gasteiger partial charge in [0.05, 0.1) is 5.56 Å². The van der Waals surface area contributed by atoms with Crippen LogP contribution in [0.4, 0.5) is 4.79 Å². The third-order valence-corrected chi connectivity index (χ3v) is 4.67. The quantitative estimate of drug-likeness (QED) is 0.728. The first-order valence-electron chi connectivity index (χ1n) is 9.72. The Morgan fingerprint density at radius 1 is 1.03 bits per heavy atom. The zero-order valence-corrected chi connectivity index (χ0v) is 16.3. The summed E-state index contributed by atoms with van der Waals surface area (Å²) >= 11 is 0. The molecule has 3 rings (SSSR count). The molecule has 0 aliphatic heterocycles. The van der Waals surface area contributed by atoms with Crippen molar-refractivity contribution < 1.29 is 19.1 Å². The first-order chi connectivity index (χ1) is 14.1. The smallest absolute Gasteiger partial charge is 0.339 e. The van der Waals surface area contributed by atoms with E-state index in [-0.39, 0.29) is 0 Å². The molecular weight excluding hydrogens is 368 g/mol. The molecule has 0 radical (unpaired) electrons. The van der Waals surface area contributed by atoms with E-state index in [2.05, 4.69) is 16.7 Å². The van der Waals surface area contributed by atoms with Crippen LogP contribution in [0.3, 0.4) is 0 Å². The van der Waals surface area contributed by atoms with E-state index in [1.165, 1.54) is 5.57 Å². The highest BCUT2D eigenvalue weighted by molar-refractivity contribution is 5.99. The lowest BCUT2D eigenvalue weighted by molar-refractivity contribution is -0.129. The predicted octanol–water partition coefficient (Wildman–Crippen LogP) is 4.00. The number of imide groups is 1. The maximum Gasteiger partial charge on any atom is 0.339 e. The van der Waals surface area contributed by atoms with Gasteiger partial charge in [-0.15, -0.1) is 0 Å². The van der Waals surface area contributed by atoms with Gasteiger partial charge in [-0.2, -0.15) is 0 Å². The topological polar surface area (TPSA) is 84.5 Å². The summed E-state index contributed by atoms with van der Waals surface area (Å²) in [4.78, 5) is 36.9. The van der Waals surface area contributed by atoms with E-state index in [9.17, 15) is 14.4 Å². The lowest BCUT2D eigenvalue weighted by Gasteiger charge is -2.18. The first-order valence-corrected chi connectivity index (χ1v) is 9.72. The number of urea groups is 1. The van der Waals surface area contributed by atoms with Crippen molar-refractivity contribution >= 4 is 23.5 Å². The van der Waals surface area contributed by atoms with Crippen LogP contribution in [0.2, 0.25) is 0 Å². The fourth-order valence-corrected chi connectivity index (χ4v) is 3.21. The molecule has 0 aromatic heterocycles. The Kier molecular flexibility index (Phi) is 6.79. The van der Waals surface area contributed by atoms with Gasteiger partial charge in [0.1, 0.15) is 0 Å².